The van der Waals surface area contributed by atoms with E-state index in [0.717, 1.165) is 13.0 Å². The Bertz CT molecular complexity index is 148. The first kappa shape index (κ1) is 7.56. The summed E-state index contributed by atoms with van der Waals surface area (Å²) in [6, 6.07) is 2.13. The van der Waals surface area contributed by atoms with Crippen LogP contribution in [0.25, 0.3) is 0 Å². The van der Waals surface area contributed by atoms with E-state index in [-0.39, 0.29) is 6.10 Å². The minimum Gasteiger partial charge on any atom is -0.363 e. The van der Waals surface area contributed by atoms with Crippen molar-refractivity contribution in [2.24, 2.45) is 11.8 Å². The van der Waals surface area contributed by atoms with Crippen molar-refractivity contribution in [1.82, 2.24) is 0 Å². The van der Waals surface area contributed by atoms with Crippen molar-refractivity contribution >= 4 is 0 Å². The van der Waals surface area contributed by atoms with Gasteiger partial charge in [-0.05, 0) is 18.3 Å². The second-order valence-corrected chi connectivity index (χ2v) is 3.19. The summed E-state index contributed by atoms with van der Waals surface area (Å²) in [6.45, 7) is 5.12. The zero-order chi connectivity index (χ0) is 7.56. The lowest BCUT2D eigenvalue weighted by atomic mass is 9.94. The second kappa shape index (κ2) is 3.03. The number of nitrogens with zero attached hydrogens (tertiary/aromatic N) is 1. The zero-order valence-corrected chi connectivity index (χ0v) is 6.50. The Balaban J connectivity index is 2.37. The lowest BCUT2D eigenvalue weighted by Crippen LogP contribution is -2.07. The predicted molar refractivity (Wildman–Crippen MR) is 38.3 cm³/mol. The van der Waals surface area contributed by atoms with Crippen molar-refractivity contribution in [3.63, 3.8) is 0 Å². The van der Waals surface area contributed by atoms with Gasteiger partial charge in [-0.3, -0.25) is 0 Å². The van der Waals surface area contributed by atoms with Crippen molar-refractivity contribution in [2.45, 2.75) is 26.4 Å². The van der Waals surface area contributed by atoms with Crippen molar-refractivity contribution in [3.05, 3.63) is 0 Å². The van der Waals surface area contributed by atoms with Gasteiger partial charge >= 0.3 is 0 Å². The number of hydrogen-bond donors (Lipinski definition) is 0. The van der Waals surface area contributed by atoms with Crippen LogP contribution in [0, 0.1) is 23.2 Å². The maximum atomic E-state index is 8.49. The molecule has 0 N–H and O–H groups in total. The molecule has 1 aliphatic rings. The van der Waals surface area contributed by atoms with Crippen LogP contribution in [0.2, 0.25) is 0 Å². The predicted octanol–water partition coefficient (Wildman–Crippen LogP) is 1.57. The third-order valence-electron chi connectivity index (χ3n) is 2.12. The lowest BCUT2D eigenvalue weighted by Gasteiger charge is -2.09. The summed E-state index contributed by atoms with van der Waals surface area (Å²) in [7, 11) is 0. The van der Waals surface area contributed by atoms with Crippen molar-refractivity contribution < 1.29 is 4.74 Å². The number of hydrogen-bond acceptors (Lipinski definition) is 2. The molecular weight excluding hydrogens is 126 g/mol. The molecule has 0 aromatic heterocycles. The lowest BCUT2D eigenvalue weighted by molar-refractivity contribution is 0.138. The van der Waals surface area contributed by atoms with Crippen LogP contribution < -0.4 is 0 Å². The van der Waals surface area contributed by atoms with Gasteiger partial charge in [-0.1, -0.05) is 13.8 Å². The first-order chi connectivity index (χ1) is 4.74. The van der Waals surface area contributed by atoms with Gasteiger partial charge in [0.25, 0.3) is 0 Å². The van der Waals surface area contributed by atoms with E-state index in [1.807, 2.05) is 0 Å². The van der Waals surface area contributed by atoms with Gasteiger partial charge in [-0.15, -0.1) is 0 Å². The summed E-state index contributed by atoms with van der Waals surface area (Å²) in [5.41, 5.74) is 0. The van der Waals surface area contributed by atoms with Crippen LogP contribution in [-0.2, 0) is 4.74 Å². The van der Waals surface area contributed by atoms with E-state index in [2.05, 4.69) is 19.9 Å². The van der Waals surface area contributed by atoms with Gasteiger partial charge in [0.05, 0.1) is 12.7 Å². The number of rotatable bonds is 1. The molecule has 0 bridgehead atoms. The summed E-state index contributed by atoms with van der Waals surface area (Å²) in [5.74, 6) is 1.25. The van der Waals surface area contributed by atoms with Gasteiger partial charge in [0.1, 0.15) is 6.10 Å². The van der Waals surface area contributed by atoms with E-state index in [9.17, 15) is 0 Å². The molecule has 1 heterocycles. The molecule has 56 valence electrons. The Morgan fingerprint density at radius 1 is 1.60 bits per heavy atom. The Kier molecular flexibility index (Phi) is 2.29. The van der Waals surface area contributed by atoms with Gasteiger partial charge in [0.15, 0.2) is 0 Å². The molecule has 0 saturated carbocycles. The first-order valence-corrected chi connectivity index (χ1v) is 3.75. The highest BCUT2D eigenvalue weighted by atomic mass is 16.5. The van der Waals surface area contributed by atoms with E-state index in [0.29, 0.717) is 11.8 Å². The largest absolute Gasteiger partial charge is 0.363 e. The topological polar surface area (TPSA) is 33.0 Å². The third-order valence-corrected chi connectivity index (χ3v) is 2.12. The quantitative estimate of drug-likeness (QED) is 0.552. The first-order valence-electron chi connectivity index (χ1n) is 3.75. The molecule has 0 aromatic carbocycles. The van der Waals surface area contributed by atoms with Crippen LogP contribution in [0.5, 0.6) is 0 Å². The van der Waals surface area contributed by atoms with E-state index in [4.69, 9.17) is 10.00 Å². The number of ether oxygens (including phenoxy) is 1. The van der Waals surface area contributed by atoms with Crippen molar-refractivity contribution in [1.29, 1.82) is 5.26 Å². The summed E-state index contributed by atoms with van der Waals surface area (Å²) in [6.07, 6.45) is 0.793. The molecule has 1 saturated heterocycles. The minimum atomic E-state index is -0.132. The van der Waals surface area contributed by atoms with Gasteiger partial charge in [0.2, 0.25) is 0 Å². The molecule has 1 aliphatic heterocycles. The summed E-state index contributed by atoms with van der Waals surface area (Å²) < 4.78 is 5.21. The highest BCUT2D eigenvalue weighted by Crippen LogP contribution is 2.25. The van der Waals surface area contributed by atoms with Crippen LogP contribution in [0.3, 0.4) is 0 Å². The van der Waals surface area contributed by atoms with Gasteiger partial charge in [-0.25, -0.2) is 0 Å². The Morgan fingerprint density at radius 3 is 2.60 bits per heavy atom. The fraction of sp³-hybridized carbons (Fsp3) is 0.875. The molecule has 2 atom stereocenters. The van der Waals surface area contributed by atoms with Crippen LogP contribution in [0.4, 0.5) is 0 Å². The molecule has 0 radical (unpaired) electrons. The molecule has 2 nitrogen and oxygen atoms in total. The smallest absolute Gasteiger partial charge is 0.144 e. The molecule has 0 aliphatic carbocycles. The van der Waals surface area contributed by atoms with Crippen molar-refractivity contribution in [3.8, 4) is 6.07 Å². The Morgan fingerprint density at radius 2 is 2.30 bits per heavy atom. The van der Waals surface area contributed by atoms with Crippen LogP contribution in [0.1, 0.15) is 20.3 Å². The van der Waals surface area contributed by atoms with Gasteiger partial charge in [0, 0.05) is 0 Å². The molecule has 0 spiro atoms. The minimum absolute atomic E-state index is 0.132. The molecule has 0 amide bonds. The molecule has 2 unspecified atom stereocenters. The van der Waals surface area contributed by atoms with E-state index in [1.54, 1.807) is 0 Å². The molecular formula is C8H13NO. The maximum absolute atomic E-state index is 8.49. The van der Waals surface area contributed by atoms with E-state index >= 15 is 0 Å². The monoisotopic (exact) mass is 139 g/mol. The zero-order valence-electron chi connectivity index (χ0n) is 6.50. The highest BCUT2D eigenvalue weighted by molar-refractivity contribution is 4.90. The van der Waals surface area contributed by atoms with E-state index in [1.165, 1.54) is 0 Å². The van der Waals surface area contributed by atoms with Crippen LogP contribution >= 0.6 is 0 Å². The van der Waals surface area contributed by atoms with Gasteiger partial charge < -0.3 is 4.74 Å². The molecule has 1 fully saturated rings. The molecule has 2 heteroatoms. The number of nitriles is 1. The summed E-state index contributed by atoms with van der Waals surface area (Å²) in [5, 5.41) is 8.49. The standard InChI is InChI=1S/C8H13NO/c1-6(2)7-3-8(4-9)10-5-7/h6-8H,3,5H2,1-2H3. The average molecular weight is 139 g/mol. The van der Waals surface area contributed by atoms with Crippen LogP contribution in [-0.4, -0.2) is 12.7 Å². The second-order valence-electron chi connectivity index (χ2n) is 3.19. The maximum Gasteiger partial charge on any atom is 0.144 e. The fourth-order valence-corrected chi connectivity index (χ4v) is 1.21. The third kappa shape index (κ3) is 1.48. The summed E-state index contributed by atoms with van der Waals surface area (Å²) >= 11 is 0. The van der Waals surface area contributed by atoms with Crippen molar-refractivity contribution in [2.75, 3.05) is 6.61 Å². The highest BCUT2D eigenvalue weighted by Gasteiger charge is 2.26. The Hall–Kier alpha value is -0.550. The Labute approximate surface area is 61.8 Å². The van der Waals surface area contributed by atoms with Crippen LogP contribution in [0.15, 0.2) is 0 Å². The average Bonchev–Trinajstić information content (AvgIpc) is 2.34. The fourth-order valence-electron chi connectivity index (χ4n) is 1.21. The normalized spacial score (nSPS) is 32.6. The molecule has 0 aromatic rings. The molecule has 1 rings (SSSR count). The van der Waals surface area contributed by atoms with E-state index < -0.39 is 0 Å². The molecule has 10 heavy (non-hydrogen) atoms. The SMILES string of the molecule is CC(C)C1COC(C#N)C1. The summed E-state index contributed by atoms with van der Waals surface area (Å²) in [4.78, 5) is 0. The van der Waals surface area contributed by atoms with Gasteiger partial charge in [-0.2, -0.15) is 5.26 Å².